The highest BCUT2D eigenvalue weighted by atomic mass is 35.5. The minimum atomic E-state index is -3.92. The number of anilines is 1. The lowest BCUT2D eigenvalue weighted by Crippen LogP contribution is -2.51. The van der Waals surface area contributed by atoms with Gasteiger partial charge in [-0.2, -0.15) is 4.31 Å². The van der Waals surface area contributed by atoms with E-state index in [9.17, 15) is 13.2 Å². The van der Waals surface area contributed by atoms with E-state index in [1.165, 1.54) is 28.6 Å². The Kier molecular flexibility index (Phi) is 8.18. The molecular formula is C27H30ClN3O4S. The number of sulfonamides is 1. The number of amides is 1. The fourth-order valence-electron chi connectivity index (χ4n) is 4.22. The maximum atomic E-state index is 13.5. The number of nitrogens with zero attached hydrogens (tertiary/aromatic N) is 3. The van der Waals surface area contributed by atoms with Crippen LogP contribution < -0.4 is 9.64 Å². The average molecular weight is 528 g/mol. The molecule has 1 aliphatic rings. The monoisotopic (exact) mass is 527 g/mol. The Morgan fingerprint density at radius 3 is 2.22 bits per heavy atom. The second-order valence-electron chi connectivity index (χ2n) is 8.75. The third kappa shape index (κ3) is 6.00. The van der Waals surface area contributed by atoms with Crippen molar-refractivity contribution in [3.05, 3.63) is 88.9 Å². The molecule has 1 amide bonds. The van der Waals surface area contributed by atoms with Gasteiger partial charge in [-0.05, 0) is 48.9 Å². The fraction of sp³-hybridized carbons (Fsp3) is 0.296. The van der Waals surface area contributed by atoms with Crippen molar-refractivity contribution in [1.82, 2.24) is 9.21 Å². The first-order valence-electron chi connectivity index (χ1n) is 11.7. The minimum Gasteiger partial charge on any atom is -0.495 e. The van der Waals surface area contributed by atoms with E-state index in [0.29, 0.717) is 31.2 Å². The first-order chi connectivity index (χ1) is 17.3. The third-order valence-electron chi connectivity index (χ3n) is 6.30. The van der Waals surface area contributed by atoms with Gasteiger partial charge in [0, 0.05) is 37.7 Å². The molecule has 3 aromatic rings. The van der Waals surface area contributed by atoms with E-state index in [0.717, 1.165) is 22.6 Å². The van der Waals surface area contributed by atoms with Crippen molar-refractivity contribution in [2.75, 3.05) is 44.7 Å². The van der Waals surface area contributed by atoms with Crippen LogP contribution in [0.15, 0.2) is 77.7 Å². The van der Waals surface area contributed by atoms with Crippen molar-refractivity contribution >= 4 is 33.2 Å². The topological polar surface area (TPSA) is 70.2 Å². The van der Waals surface area contributed by atoms with Gasteiger partial charge in [-0.1, -0.05) is 53.6 Å². The Balaban J connectivity index is 1.50. The molecule has 1 saturated heterocycles. The summed E-state index contributed by atoms with van der Waals surface area (Å²) in [6.45, 7) is 4.08. The molecule has 1 fully saturated rings. The summed E-state index contributed by atoms with van der Waals surface area (Å²) in [5, 5.41) is 0.447. The van der Waals surface area contributed by atoms with Crippen LogP contribution in [-0.4, -0.2) is 63.4 Å². The van der Waals surface area contributed by atoms with Crippen molar-refractivity contribution < 1.29 is 17.9 Å². The molecule has 0 aliphatic carbocycles. The molecule has 1 heterocycles. The lowest BCUT2D eigenvalue weighted by atomic mass is 10.1. The third-order valence-corrected chi connectivity index (χ3v) is 8.36. The first kappa shape index (κ1) is 26.0. The first-order valence-corrected chi connectivity index (χ1v) is 13.6. The van der Waals surface area contributed by atoms with E-state index < -0.39 is 10.0 Å². The Morgan fingerprint density at radius 2 is 1.58 bits per heavy atom. The number of halogens is 1. The SMILES string of the molecule is COc1ccccc1N1CCN(C(=O)CN(Cc2ccc(C)cc2)S(=O)(=O)c2ccc(Cl)cc2)CC1. The van der Waals surface area contributed by atoms with Crippen LogP contribution in [0.5, 0.6) is 5.75 Å². The number of carbonyl (C=O) groups excluding carboxylic acids is 1. The Morgan fingerprint density at radius 1 is 0.944 bits per heavy atom. The number of benzene rings is 3. The second-order valence-corrected chi connectivity index (χ2v) is 11.1. The second kappa shape index (κ2) is 11.3. The largest absolute Gasteiger partial charge is 0.495 e. The molecule has 190 valence electrons. The lowest BCUT2D eigenvalue weighted by molar-refractivity contribution is -0.131. The summed E-state index contributed by atoms with van der Waals surface area (Å²) < 4.78 is 33.8. The molecule has 7 nitrogen and oxygen atoms in total. The highest BCUT2D eigenvalue weighted by Crippen LogP contribution is 2.28. The number of hydrogen-bond acceptors (Lipinski definition) is 5. The van der Waals surface area contributed by atoms with Gasteiger partial charge in [0.15, 0.2) is 0 Å². The molecular weight excluding hydrogens is 498 g/mol. The van der Waals surface area contributed by atoms with Gasteiger partial charge in [0.1, 0.15) is 5.75 Å². The summed E-state index contributed by atoms with van der Waals surface area (Å²) in [4.78, 5) is 17.3. The average Bonchev–Trinajstić information content (AvgIpc) is 2.89. The molecule has 0 aromatic heterocycles. The van der Waals surface area contributed by atoms with Crippen LogP contribution in [0.1, 0.15) is 11.1 Å². The molecule has 36 heavy (non-hydrogen) atoms. The normalized spacial score (nSPS) is 14.2. The minimum absolute atomic E-state index is 0.0954. The Hall–Kier alpha value is -3.07. The lowest BCUT2D eigenvalue weighted by Gasteiger charge is -2.37. The number of methoxy groups -OCH3 is 1. The highest BCUT2D eigenvalue weighted by Gasteiger charge is 2.30. The number of ether oxygens (including phenoxy) is 1. The van der Waals surface area contributed by atoms with Crippen molar-refractivity contribution in [1.29, 1.82) is 0 Å². The molecule has 3 aromatic carbocycles. The molecule has 0 spiro atoms. The van der Waals surface area contributed by atoms with Gasteiger partial charge >= 0.3 is 0 Å². The summed E-state index contributed by atoms with van der Waals surface area (Å²) in [5.41, 5.74) is 2.88. The number of aryl methyl sites for hydroxylation is 1. The summed E-state index contributed by atoms with van der Waals surface area (Å²) in [7, 11) is -2.28. The van der Waals surface area contributed by atoms with Crippen LogP contribution in [0.2, 0.25) is 5.02 Å². The maximum Gasteiger partial charge on any atom is 0.243 e. The van der Waals surface area contributed by atoms with Crippen molar-refractivity contribution in [2.45, 2.75) is 18.4 Å². The van der Waals surface area contributed by atoms with Crippen LogP contribution in [0.4, 0.5) is 5.69 Å². The van der Waals surface area contributed by atoms with Gasteiger partial charge < -0.3 is 14.5 Å². The van der Waals surface area contributed by atoms with Crippen molar-refractivity contribution in [3.8, 4) is 5.75 Å². The summed E-state index contributed by atoms with van der Waals surface area (Å²) in [5.74, 6) is 0.565. The maximum absolute atomic E-state index is 13.5. The molecule has 9 heteroatoms. The number of piperazine rings is 1. The van der Waals surface area contributed by atoms with E-state index in [-0.39, 0.29) is 23.9 Å². The van der Waals surface area contributed by atoms with E-state index in [2.05, 4.69) is 4.90 Å². The van der Waals surface area contributed by atoms with Crippen LogP contribution in [-0.2, 0) is 21.4 Å². The predicted molar refractivity (Wildman–Crippen MR) is 142 cm³/mol. The molecule has 4 rings (SSSR count). The molecule has 1 aliphatic heterocycles. The van der Waals surface area contributed by atoms with Crippen LogP contribution in [0, 0.1) is 6.92 Å². The van der Waals surface area contributed by atoms with E-state index in [4.69, 9.17) is 16.3 Å². The van der Waals surface area contributed by atoms with Crippen LogP contribution in [0.3, 0.4) is 0 Å². The molecule has 0 radical (unpaired) electrons. The van der Waals surface area contributed by atoms with Gasteiger partial charge in [0.05, 0.1) is 24.2 Å². The van der Waals surface area contributed by atoms with Gasteiger partial charge in [-0.25, -0.2) is 8.42 Å². The quantitative estimate of drug-likeness (QED) is 0.439. The molecule has 0 unspecified atom stereocenters. The Labute approximate surface area is 217 Å². The van der Waals surface area contributed by atoms with Gasteiger partial charge in [-0.15, -0.1) is 0 Å². The zero-order valence-corrected chi connectivity index (χ0v) is 22.0. The zero-order chi connectivity index (χ0) is 25.7. The Bertz CT molecular complexity index is 1290. The number of para-hydroxylation sites is 2. The van der Waals surface area contributed by atoms with Crippen molar-refractivity contribution in [2.24, 2.45) is 0 Å². The van der Waals surface area contributed by atoms with Crippen LogP contribution >= 0.6 is 11.6 Å². The van der Waals surface area contributed by atoms with Gasteiger partial charge in [-0.3, -0.25) is 4.79 Å². The predicted octanol–water partition coefficient (Wildman–Crippen LogP) is 4.20. The van der Waals surface area contributed by atoms with Crippen LogP contribution in [0.25, 0.3) is 0 Å². The standard InChI is InChI=1S/C27H30ClN3O4S/c1-21-7-9-22(10-8-21)19-31(36(33,34)24-13-11-23(28)12-14-24)20-27(32)30-17-15-29(16-18-30)25-5-3-4-6-26(25)35-2/h3-14H,15-20H2,1-2H3. The molecule has 0 N–H and O–H groups in total. The molecule has 0 saturated carbocycles. The summed E-state index contributed by atoms with van der Waals surface area (Å²) in [6, 6.07) is 21.4. The number of carbonyl (C=O) groups is 1. The van der Waals surface area contributed by atoms with E-state index >= 15 is 0 Å². The number of hydrogen-bond donors (Lipinski definition) is 0. The van der Waals surface area contributed by atoms with Gasteiger partial charge in [0.2, 0.25) is 15.9 Å². The van der Waals surface area contributed by atoms with E-state index in [1.54, 1.807) is 12.0 Å². The fourth-order valence-corrected chi connectivity index (χ4v) is 5.72. The molecule has 0 bridgehead atoms. The zero-order valence-electron chi connectivity index (χ0n) is 20.4. The smallest absolute Gasteiger partial charge is 0.243 e. The summed E-state index contributed by atoms with van der Waals surface area (Å²) >= 11 is 5.97. The summed E-state index contributed by atoms with van der Waals surface area (Å²) in [6.07, 6.45) is 0. The molecule has 0 atom stereocenters. The number of rotatable bonds is 8. The van der Waals surface area contributed by atoms with E-state index in [1.807, 2.05) is 55.5 Å². The van der Waals surface area contributed by atoms with Crippen molar-refractivity contribution in [3.63, 3.8) is 0 Å². The van der Waals surface area contributed by atoms with Gasteiger partial charge in [0.25, 0.3) is 0 Å². The highest BCUT2D eigenvalue weighted by molar-refractivity contribution is 7.89.